The molecule has 0 saturated carbocycles. The normalized spacial score (nSPS) is 18.0. The predicted molar refractivity (Wildman–Crippen MR) is 101 cm³/mol. The summed E-state index contributed by atoms with van der Waals surface area (Å²) in [6.07, 6.45) is 2.48. The SMILES string of the molecule is O=C(CCC(=O)c1ccc2c(c1)CCNCC2)NCCN1CCOCC1. The summed E-state index contributed by atoms with van der Waals surface area (Å²) in [4.78, 5) is 26.7. The number of carbonyl (C=O) groups excluding carboxylic acids is 2. The highest BCUT2D eigenvalue weighted by molar-refractivity contribution is 5.98. The highest BCUT2D eigenvalue weighted by atomic mass is 16.5. The van der Waals surface area contributed by atoms with Crippen molar-refractivity contribution >= 4 is 11.7 Å². The molecule has 1 aromatic carbocycles. The van der Waals surface area contributed by atoms with Gasteiger partial charge in [-0.3, -0.25) is 14.5 Å². The van der Waals surface area contributed by atoms with Gasteiger partial charge in [0.2, 0.25) is 5.91 Å². The summed E-state index contributed by atoms with van der Waals surface area (Å²) in [5, 5.41) is 6.29. The second-order valence-electron chi connectivity index (χ2n) is 6.96. The molecule has 3 rings (SSSR count). The van der Waals surface area contributed by atoms with E-state index in [4.69, 9.17) is 4.74 Å². The first-order valence-corrected chi connectivity index (χ1v) is 9.65. The standard InChI is InChI=1S/C20H29N3O3/c24-19(18-2-1-16-5-7-21-8-6-17(16)15-18)3-4-20(25)22-9-10-23-11-13-26-14-12-23/h1-2,15,21H,3-14H2,(H,22,25). The summed E-state index contributed by atoms with van der Waals surface area (Å²) < 4.78 is 5.31. The molecule has 2 heterocycles. The maximum atomic E-state index is 12.4. The van der Waals surface area contributed by atoms with E-state index in [1.165, 1.54) is 11.1 Å². The molecule has 6 nitrogen and oxygen atoms in total. The van der Waals surface area contributed by atoms with E-state index >= 15 is 0 Å². The smallest absolute Gasteiger partial charge is 0.220 e. The maximum Gasteiger partial charge on any atom is 0.220 e. The molecule has 0 unspecified atom stereocenters. The van der Waals surface area contributed by atoms with Gasteiger partial charge in [-0.05, 0) is 43.1 Å². The van der Waals surface area contributed by atoms with Crippen LogP contribution >= 0.6 is 0 Å². The van der Waals surface area contributed by atoms with Gasteiger partial charge >= 0.3 is 0 Å². The second kappa shape index (κ2) is 9.80. The van der Waals surface area contributed by atoms with Crippen LogP contribution in [-0.4, -0.2) is 69.1 Å². The van der Waals surface area contributed by atoms with E-state index in [1.807, 2.05) is 12.1 Å². The molecule has 142 valence electrons. The molecule has 0 aromatic heterocycles. The molecule has 0 spiro atoms. The average molecular weight is 359 g/mol. The van der Waals surface area contributed by atoms with Crippen molar-refractivity contribution in [1.82, 2.24) is 15.5 Å². The minimum absolute atomic E-state index is 0.0494. The van der Waals surface area contributed by atoms with Crippen molar-refractivity contribution in [2.45, 2.75) is 25.7 Å². The van der Waals surface area contributed by atoms with Crippen molar-refractivity contribution in [3.63, 3.8) is 0 Å². The Hall–Kier alpha value is -1.76. The molecule has 2 aliphatic rings. The molecule has 0 radical (unpaired) electrons. The van der Waals surface area contributed by atoms with E-state index in [1.54, 1.807) is 0 Å². The van der Waals surface area contributed by atoms with Crippen LogP contribution in [0.25, 0.3) is 0 Å². The maximum absolute atomic E-state index is 12.4. The van der Waals surface area contributed by atoms with Crippen LogP contribution in [0.1, 0.15) is 34.3 Å². The van der Waals surface area contributed by atoms with Crippen molar-refractivity contribution in [2.75, 3.05) is 52.5 Å². The van der Waals surface area contributed by atoms with Crippen LogP contribution in [0, 0.1) is 0 Å². The number of ether oxygens (including phenoxy) is 1. The Balaban J connectivity index is 1.40. The molecule has 1 saturated heterocycles. The molecule has 1 amide bonds. The van der Waals surface area contributed by atoms with Gasteiger partial charge in [0.05, 0.1) is 13.2 Å². The third kappa shape index (κ3) is 5.62. The van der Waals surface area contributed by atoms with Crippen LogP contribution in [0.5, 0.6) is 0 Å². The first-order valence-electron chi connectivity index (χ1n) is 9.65. The number of hydrogen-bond acceptors (Lipinski definition) is 5. The number of benzene rings is 1. The van der Waals surface area contributed by atoms with Gasteiger partial charge in [-0.1, -0.05) is 12.1 Å². The zero-order valence-corrected chi connectivity index (χ0v) is 15.4. The first-order chi connectivity index (χ1) is 12.7. The highest BCUT2D eigenvalue weighted by Gasteiger charge is 2.14. The van der Waals surface area contributed by atoms with Crippen LogP contribution in [0.3, 0.4) is 0 Å². The Morgan fingerprint density at radius 1 is 1.08 bits per heavy atom. The fraction of sp³-hybridized carbons (Fsp3) is 0.600. The lowest BCUT2D eigenvalue weighted by molar-refractivity contribution is -0.121. The number of ketones is 1. The first kappa shape index (κ1) is 19.0. The topological polar surface area (TPSA) is 70.7 Å². The van der Waals surface area contributed by atoms with Gasteiger partial charge in [0, 0.05) is 44.6 Å². The van der Waals surface area contributed by atoms with Crippen LogP contribution in [0.2, 0.25) is 0 Å². The zero-order valence-electron chi connectivity index (χ0n) is 15.4. The Kier molecular flexibility index (Phi) is 7.17. The van der Waals surface area contributed by atoms with Gasteiger partial charge in [0.25, 0.3) is 0 Å². The van der Waals surface area contributed by atoms with E-state index in [0.29, 0.717) is 6.54 Å². The molecule has 1 aromatic rings. The van der Waals surface area contributed by atoms with E-state index in [0.717, 1.165) is 64.3 Å². The lowest BCUT2D eigenvalue weighted by Gasteiger charge is -2.26. The minimum atomic E-state index is -0.0504. The van der Waals surface area contributed by atoms with Crippen LogP contribution in [-0.2, 0) is 22.4 Å². The third-order valence-electron chi connectivity index (χ3n) is 5.10. The van der Waals surface area contributed by atoms with E-state index in [9.17, 15) is 9.59 Å². The summed E-state index contributed by atoms with van der Waals surface area (Å²) in [5.74, 6) is -0.00101. The number of carbonyl (C=O) groups is 2. The Morgan fingerprint density at radius 3 is 2.65 bits per heavy atom. The molecular formula is C20H29N3O3. The number of fused-ring (bicyclic) bond motifs is 1. The van der Waals surface area contributed by atoms with Crippen LogP contribution < -0.4 is 10.6 Å². The monoisotopic (exact) mass is 359 g/mol. The van der Waals surface area contributed by atoms with E-state index in [2.05, 4.69) is 21.6 Å². The molecule has 2 aliphatic heterocycles. The number of Topliss-reactive ketones (excluding diaryl/α,β-unsaturated/α-hetero) is 1. The number of amides is 1. The third-order valence-corrected chi connectivity index (χ3v) is 5.10. The van der Waals surface area contributed by atoms with E-state index < -0.39 is 0 Å². The fourth-order valence-corrected chi connectivity index (χ4v) is 3.49. The Labute approximate surface area is 155 Å². The molecule has 2 N–H and O–H groups in total. The lowest BCUT2D eigenvalue weighted by Crippen LogP contribution is -2.41. The highest BCUT2D eigenvalue weighted by Crippen LogP contribution is 2.17. The molecule has 1 fully saturated rings. The van der Waals surface area contributed by atoms with Gasteiger partial charge in [0.15, 0.2) is 5.78 Å². The van der Waals surface area contributed by atoms with Crippen molar-refractivity contribution in [1.29, 1.82) is 0 Å². The molecular weight excluding hydrogens is 330 g/mol. The minimum Gasteiger partial charge on any atom is -0.379 e. The predicted octanol–water partition coefficient (Wildman–Crippen LogP) is 0.786. The molecule has 26 heavy (non-hydrogen) atoms. The van der Waals surface area contributed by atoms with Crippen LogP contribution in [0.15, 0.2) is 18.2 Å². The van der Waals surface area contributed by atoms with Gasteiger partial charge in [-0.15, -0.1) is 0 Å². The zero-order chi connectivity index (χ0) is 18.2. The van der Waals surface area contributed by atoms with Gasteiger partial charge in [0.1, 0.15) is 0 Å². The molecule has 0 atom stereocenters. The van der Waals surface area contributed by atoms with Gasteiger partial charge in [-0.2, -0.15) is 0 Å². The summed E-state index contributed by atoms with van der Waals surface area (Å²) in [7, 11) is 0. The Morgan fingerprint density at radius 2 is 1.85 bits per heavy atom. The largest absolute Gasteiger partial charge is 0.379 e. The van der Waals surface area contributed by atoms with Crippen molar-refractivity contribution in [3.05, 3.63) is 34.9 Å². The summed E-state index contributed by atoms with van der Waals surface area (Å²) in [6, 6.07) is 5.99. The second-order valence-corrected chi connectivity index (χ2v) is 6.96. The number of hydrogen-bond donors (Lipinski definition) is 2. The van der Waals surface area contributed by atoms with Gasteiger partial charge < -0.3 is 15.4 Å². The van der Waals surface area contributed by atoms with Gasteiger partial charge in [-0.25, -0.2) is 0 Å². The van der Waals surface area contributed by atoms with E-state index in [-0.39, 0.29) is 24.5 Å². The molecule has 6 heteroatoms. The number of morpholine rings is 1. The lowest BCUT2D eigenvalue weighted by atomic mass is 9.97. The number of nitrogens with one attached hydrogen (secondary N) is 2. The average Bonchev–Trinajstić information content (AvgIpc) is 2.91. The molecule has 0 bridgehead atoms. The Bertz CT molecular complexity index is 627. The number of nitrogens with zero attached hydrogens (tertiary/aromatic N) is 1. The van der Waals surface area contributed by atoms with Crippen molar-refractivity contribution in [2.24, 2.45) is 0 Å². The van der Waals surface area contributed by atoms with Crippen molar-refractivity contribution < 1.29 is 14.3 Å². The summed E-state index contributed by atoms with van der Waals surface area (Å²) in [5.41, 5.74) is 3.31. The van der Waals surface area contributed by atoms with Crippen LogP contribution in [0.4, 0.5) is 0 Å². The summed E-state index contributed by atoms with van der Waals surface area (Å²) >= 11 is 0. The summed E-state index contributed by atoms with van der Waals surface area (Å²) in [6.45, 7) is 6.77. The quantitative estimate of drug-likeness (QED) is 0.705. The number of rotatable bonds is 7. The van der Waals surface area contributed by atoms with Crippen molar-refractivity contribution in [3.8, 4) is 0 Å². The molecule has 0 aliphatic carbocycles. The fourth-order valence-electron chi connectivity index (χ4n) is 3.49.